The van der Waals surface area contributed by atoms with Crippen molar-refractivity contribution in [3.8, 4) is 0 Å². The van der Waals surface area contributed by atoms with Gasteiger partial charge in [0.2, 0.25) is 0 Å². The number of rotatable bonds is 7. The molecule has 146 valence electrons. The molecule has 1 aromatic heterocycles. The van der Waals surface area contributed by atoms with Gasteiger partial charge >= 0.3 is 0 Å². The largest absolute Gasteiger partial charge is 0.309 e. The molecule has 2 aromatic carbocycles. The average molecular weight is 414 g/mol. The summed E-state index contributed by atoms with van der Waals surface area (Å²) in [6, 6.07) is 13.6. The van der Waals surface area contributed by atoms with Gasteiger partial charge in [-0.15, -0.1) is 0 Å². The summed E-state index contributed by atoms with van der Waals surface area (Å²) in [5.41, 5.74) is 2.92. The molecule has 0 bridgehead atoms. The molecule has 0 aliphatic rings. The van der Waals surface area contributed by atoms with Crippen LogP contribution in [0, 0.1) is 6.92 Å². The molecule has 1 amide bonds. The minimum Gasteiger partial charge on any atom is -0.309 e. The van der Waals surface area contributed by atoms with Crippen LogP contribution in [0.5, 0.6) is 0 Å². The van der Waals surface area contributed by atoms with E-state index in [4.69, 9.17) is 16.6 Å². The first-order valence-electron chi connectivity index (χ1n) is 9.20. The first kappa shape index (κ1) is 20.5. The number of aryl methyl sites for hydroxylation is 1. The zero-order valence-electron chi connectivity index (χ0n) is 16.4. The van der Waals surface area contributed by atoms with Gasteiger partial charge in [-0.3, -0.25) is 9.69 Å². The van der Waals surface area contributed by atoms with Gasteiger partial charge in [-0.2, -0.15) is 0 Å². The third-order valence-corrected chi connectivity index (χ3v) is 5.58. The van der Waals surface area contributed by atoms with Crippen LogP contribution in [0.4, 0.5) is 5.13 Å². The van der Waals surface area contributed by atoms with Gasteiger partial charge in [0.15, 0.2) is 5.13 Å². The van der Waals surface area contributed by atoms with Crippen molar-refractivity contribution in [1.29, 1.82) is 0 Å². The van der Waals surface area contributed by atoms with Crippen LogP contribution in [0.15, 0.2) is 48.5 Å². The fraction of sp³-hybridized carbons (Fsp3) is 0.273. The molecule has 0 atom stereocenters. The molecule has 6 heteroatoms. The molecular weight excluding hydrogens is 390 g/mol. The lowest BCUT2D eigenvalue weighted by Gasteiger charge is -2.19. The van der Waals surface area contributed by atoms with E-state index in [1.807, 2.05) is 69.6 Å². The number of aromatic nitrogens is 1. The van der Waals surface area contributed by atoms with Gasteiger partial charge in [0.05, 0.1) is 10.2 Å². The van der Waals surface area contributed by atoms with E-state index in [9.17, 15) is 4.79 Å². The number of amides is 1. The summed E-state index contributed by atoms with van der Waals surface area (Å²) in [5, 5.41) is 1.40. The van der Waals surface area contributed by atoms with Crippen LogP contribution in [0.25, 0.3) is 16.3 Å². The topological polar surface area (TPSA) is 36.4 Å². The maximum Gasteiger partial charge on any atom is 0.252 e. The van der Waals surface area contributed by atoms with Crippen LogP contribution < -0.4 is 4.90 Å². The van der Waals surface area contributed by atoms with Gasteiger partial charge in [-0.05, 0) is 63.3 Å². The summed E-state index contributed by atoms with van der Waals surface area (Å²) < 4.78 is 0.998. The van der Waals surface area contributed by atoms with Gasteiger partial charge in [-0.25, -0.2) is 4.98 Å². The highest BCUT2D eigenvalue weighted by Gasteiger charge is 2.18. The Balaban J connectivity index is 1.89. The van der Waals surface area contributed by atoms with Crippen molar-refractivity contribution < 1.29 is 4.79 Å². The van der Waals surface area contributed by atoms with E-state index in [-0.39, 0.29) is 5.91 Å². The highest BCUT2D eigenvalue weighted by Crippen LogP contribution is 2.33. The summed E-state index contributed by atoms with van der Waals surface area (Å²) >= 11 is 7.70. The van der Waals surface area contributed by atoms with Crippen LogP contribution in [0.1, 0.15) is 17.5 Å². The summed E-state index contributed by atoms with van der Waals surface area (Å²) in [7, 11) is 4.06. The van der Waals surface area contributed by atoms with Crippen molar-refractivity contribution in [2.45, 2.75) is 13.3 Å². The molecule has 3 aromatic rings. The van der Waals surface area contributed by atoms with E-state index in [1.54, 1.807) is 11.0 Å². The third kappa shape index (κ3) is 5.19. The second-order valence-electron chi connectivity index (χ2n) is 6.96. The zero-order chi connectivity index (χ0) is 20.1. The highest BCUT2D eigenvalue weighted by molar-refractivity contribution is 7.22. The summed E-state index contributed by atoms with van der Waals surface area (Å²) in [5.74, 6) is -0.0644. The Morgan fingerprint density at radius 1 is 1.18 bits per heavy atom. The smallest absolute Gasteiger partial charge is 0.252 e. The van der Waals surface area contributed by atoms with Gasteiger partial charge in [0.1, 0.15) is 0 Å². The van der Waals surface area contributed by atoms with E-state index in [1.165, 1.54) is 11.3 Å². The van der Waals surface area contributed by atoms with Crippen molar-refractivity contribution in [3.63, 3.8) is 0 Å². The molecule has 0 radical (unpaired) electrons. The van der Waals surface area contributed by atoms with E-state index in [0.29, 0.717) is 16.7 Å². The van der Waals surface area contributed by atoms with E-state index in [0.717, 1.165) is 34.3 Å². The Bertz CT molecular complexity index is 982. The minimum absolute atomic E-state index is 0.0644. The second-order valence-corrected chi connectivity index (χ2v) is 8.40. The Hall–Kier alpha value is -2.21. The molecule has 28 heavy (non-hydrogen) atoms. The van der Waals surface area contributed by atoms with Crippen molar-refractivity contribution in [2.24, 2.45) is 0 Å². The van der Waals surface area contributed by atoms with E-state index < -0.39 is 0 Å². The Labute approximate surface area is 175 Å². The lowest BCUT2D eigenvalue weighted by molar-refractivity contribution is -0.114. The number of anilines is 1. The molecule has 0 saturated heterocycles. The summed E-state index contributed by atoms with van der Waals surface area (Å²) in [6.07, 6.45) is 4.33. The number of benzene rings is 2. The van der Waals surface area contributed by atoms with Crippen LogP contribution in [-0.4, -0.2) is 43.0 Å². The maximum atomic E-state index is 13.0. The van der Waals surface area contributed by atoms with Crippen LogP contribution in [0.3, 0.4) is 0 Å². The van der Waals surface area contributed by atoms with Crippen molar-refractivity contribution >= 4 is 50.3 Å². The molecule has 3 rings (SSSR count). The predicted octanol–water partition coefficient (Wildman–Crippen LogP) is 5.26. The lowest BCUT2D eigenvalue weighted by Crippen LogP contribution is -2.32. The number of nitrogens with zero attached hydrogens (tertiary/aromatic N) is 3. The highest BCUT2D eigenvalue weighted by atomic mass is 35.5. The van der Waals surface area contributed by atoms with Crippen LogP contribution in [0.2, 0.25) is 5.02 Å². The van der Waals surface area contributed by atoms with Gasteiger partial charge < -0.3 is 4.90 Å². The lowest BCUT2D eigenvalue weighted by atomic mass is 10.2. The average Bonchev–Trinajstić information content (AvgIpc) is 3.08. The first-order valence-corrected chi connectivity index (χ1v) is 10.4. The quantitative estimate of drug-likeness (QED) is 0.496. The molecule has 0 unspecified atom stereocenters. The van der Waals surface area contributed by atoms with Crippen molar-refractivity contribution in [1.82, 2.24) is 9.88 Å². The number of halogens is 1. The summed E-state index contributed by atoms with van der Waals surface area (Å²) in [6.45, 7) is 3.51. The molecule has 4 nitrogen and oxygen atoms in total. The summed E-state index contributed by atoms with van der Waals surface area (Å²) in [4.78, 5) is 21.6. The van der Waals surface area contributed by atoms with Gasteiger partial charge in [0.25, 0.3) is 5.91 Å². The van der Waals surface area contributed by atoms with E-state index in [2.05, 4.69) is 4.90 Å². The number of hydrogen-bond donors (Lipinski definition) is 0. The number of carbonyl (C=O) groups is 1. The van der Waals surface area contributed by atoms with Crippen LogP contribution >= 0.6 is 22.9 Å². The Kier molecular flexibility index (Phi) is 6.83. The van der Waals surface area contributed by atoms with Gasteiger partial charge in [0, 0.05) is 17.6 Å². The molecular formula is C22H24ClN3OS. The molecule has 0 fully saturated rings. The number of carbonyl (C=O) groups excluding carboxylic acids is 1. The number of thiazole rings is 1. The first-order chi connectivity index (χ1) is 13.4. The molecule has 0 aliphatic carbocycles. The maximum absolute atomic E-state index is 13.0. The second kappa shape index (κ2) is 9.32. The van der Waals surface area contributed by atoms with E-state index >= 15 is 0 Å². The monoisotopic (exact) mass is 413 g/mol. The fourth-order valence-corrected chi connectivity index (χ4v) is 4.38. The minimum atomic E-state index is -0.0644. The number of fused-ring (bicyclic) bond motifs is 1. The fourth-order valence-electron chi connectivity index (χ4n) is 2.92. The Morgan fingerprint density at radius 2 is 1.93 bits per heavy atom. The Morgan fingerprint density at radius 3 is 2.64 bits per heavy atom. The predicted molar refractivity (Wildman–Crippen MR) is 120 cm³/mol. The molecule has 0 spiro atoms. The van der Waals surface area contributed by atoms with Gasteiger partial charge in [-0.1, -0.05) is 53.3 Å². The zero-order valence-corrected chi connectivity index (χ0v) is 17.9. The SMILES string of the molecule is Cc1cc(Cl)cc2sc(N(CCCN(C)C)C(=O)/C=C/c3ccccc3)nc12. The van der Waals surface area contributed by atoms with Crippen LogP contribution in [-0.2, 0) is 4.79 Å². The molecule has 1 heterocycles. The standard InChI is InChI=1S/C22H24ClN3OS/c1-16-14-18(23)15-19-21(16)24-22(28-19)26(13-7-12-25(2)3)20(27)11-10-17-8-5-4-6-9-17/h4-6,8-11,14-15H,7,12-13H2,1-3H3/b11-10+. The molecule has 0 N–H and O–H groups in total. The normalized spacial score (nSPS) is 11.6. The molecule has 0 saturated carbocycles. The molecule has 0 aliphatic heterocycles. The third-order valence-electron chi connectivity index (χ3n) is 4.34. The number of hydrogen-bond acceptors (Lipinski definition) is 4. The van der Waals surface area contributed by atoms with Crippen molar-refractivity contribution in [2.75, 3.05) is 32.1 Å². The van der Waals surface area contributed by atoms with Crippen molar-refractivity contribution in [3.05, 3.63) is 64.7 Å².